The maximum absolute atomic E-state index is 13.1. The number of benzene rings is 1. The summed E-state index contributed by atoms with van der Waals surface area (Å²) in [4.78, 5) is 32.9. The van der Waals surface area contributed by atoms with Crippen LogP contribution in [-0.4, -0.2) is 82.4 Å². The number of H-pyrrole nitrogens is 1. The van der Waals surface area contributed by atoms with Crippen molar-refractivity contribution in [2.45, 2.75) is 42.7 Å². The number of amides is 1. The summed E-state index contributed by atoms with van der Waals surface area (Å²) in [5.74, 6) is -0.0977. The maximum Gasteiger partial charge on any atom is 0.261 e. The number of aromatic amines is 1. The first-order valence-electron chi connectivity index (χ1n) is 11.7. The molecule has 0 spiro atoms. The highest BCUT2D eigenvalue weighted by molar-refractivity contribution is 5.94. The number of hydrogen-bond donors (Lipinski definition) is 3. The predicted octanol–water partition coefficient (Wildman–Crippen LogP) is 0.581. The number of carbonyl (C=O) groups excluding carboxylic acids is 1. The molecule has 2 aliphatic heterocycles. The Morgan fingerprint density at radius 1 is 1.15 bits per heavy atom. The topological polar surface area (TPSA) is 106 Å². The van der Waals surface area contributed by atoms with Crippen LogP contribution in [0, 0.1) is 0 Å². The van der Waals surface area contributed by atoms with Gasteiger partial charge < -0.3 is 29.7 Å². The number of likely N-dealkylation sites (tertiary alicyclic amines) is 1. The van der Waals surface area contributed by atoms with Crippen LogP contribution in [0.5, 0.6) is 5.75 Å². The molecule has 2 fully saturated rings. The number of pyridine rings is 1. The molecule has 3 N–H and O–H groups in total. The lowest BCUT2D eigenvalue weighted by Gasteiger charge is -2.63. The molecule has 33 heavy (non-hydrogen) atoms. The van der Waals surface area contributed by atoms with Crippen LogP contribution in [0.25, 0.3) is 0 Å². The van der Waals surface area contributed by atoms with E-state index in [0.29, 0.717) is 45.6 Å². The van der Waals surface area contributed by atoms with Crippen LogP contribution in [-0.2, 0) is 29.4 Å². The Morgan fingerprint density at radius 2 is 1.94 bits per heavy atom. The third-order valence-electron chi connectivity index (χ3n) is 8.51. The first kappa shape index (κ1) is 20.9. The lowest BCUT2D eigenvalue weighted by atomic mass is 9.49. The number of carbonyl (C=O) groups is 1. The number of hydrogen-bond acceptors (Lipinski definition) is 6. The van der Waals surface area contributed by atoms with Crippen LogP contribution in [0.3, 0.4) is 0 Å². The second kappa shape index (κ2) is 7.16. The van der Waals surface area contributed by atoms with Gasteiger partial charge in [0.25, 0.3) is 11.5 Å². The summed E-state index contributed by atoms with van der Waals surface area (Å²) in [6, 6.07) is 7.08. The summed E-state index contributed by atoms with van der Waals surface area (Å²) in [6.45, 7) is 2.70. The fourth-order valence-electron chi connectivity index (χ4n) is 6.75. The number of nitrogens with zero attached hydrogens (tertiary/aromatic N) is 2. The molecular weight excluding hydrogens is 422 g/mol. The monoisotopic (exact) mass is 451 g/mol. The molecule has 2 saturated heterocycles. The fourth-order valence-corrected chi connectivity index (χ4v) is 6.75. The van der Waals surface area contributed by atoms with Gasteiger partial charge in [0.2, 0.25) is 0 Å². The van der Waals surface area contributed by atoms with E-state index in [9.17, 15) is 19.8 Å². The molecule has 1 amide bonds. The minimum absolute atomic E-state index is 0.0817. The van der Waals surface area contributed by atoms with Gasteiger partial charge >= 0.3 is 0 Å². The molecule has 0 radical (unpaired) electrons. The highest BCUT2D eigenvalue weighted by atomic mass is 16.5. The van der Waals surface area contributed by atoms with Crippen molar-refractivity contribution in [3.05, 3.63) is 62.6 Å². The third-order valence-corrected chi connectivity index (χ3v) is 8.51. The van der Waals surface area contributed by atoms with Crippen LogP contribution in [0.4, 0.5) is 0 Å². The lowest BCUT2D eigenvalue weighted by molar-refractivity contribution is -0.145. The van der Waals surface area contributed by atoms with E-state index in [1.54, 1.807) is 23.1 Å². The van der Waals surface area contributed by atoms with Crippen molar-refractivity contribution in [3.8, 4) is 5.75 Å². The van der Waals surface area contributed by atoms with Gasteiger partial charge in [-0.3, -0.25) is 9.59 Å². The van der Waals surface area contributed by atoms with E-state index in [4.69, 9.17) is 4.74 Å². The summed E-state index contributed by atoms with van der Waals surface area (Å²) >= 11 is 0. The summed E-state index contributed by atoms with van der Waals surface area (Å²) in [5.41, 5.74) is 1.81. The van der Waals surface area contributed by atoms with Crippen molar-refractivity contribution >= 4 is 5.91 Å². The molecule has 6 rings (SSSR count). The Labute approximate surface area is 191 Å². The summed E-state index contributed by atoms with van der Waals surface area (Å²) in [6.07, 6.45) is 2.25. The summed E-state index contributed by atoms with van der Waals surface area (Å²) in [5, 5.41) is 22.6. The standard InChI is InChI=1S/C25H29N3O5/c1-27-5-4-24-14-20-16(10-18(22(30)26-20)23(31)28-6-8-33-9-7-28)13-25(24,32)21(27)11-15-2-3-17(29)12-19(15)24/h2-3,10,12,21,29,32H,4-9,11,13-14H2,1H3,(H,26,30)/t21-,24-,25-/m1/s1. The van der Waals surface area contributed by atoms with Gasteiger partial charge in [-0.25, -0.2) is 0 Å². The zero-order chi connectivity index (χ0) is 23.0. The second-order valence-corrected chi connectivity index (χ2v) is 10.1. The molecule has 4 aliphatic rings. The predicted molar refractivity (Wildman–Crippen MR) is 121 cm³/mol. The smallest absolute Gasteiger partial charge is 0.261 e. The van der Waals surface area contributed by atoms with Gasteiger partial charge in [-0.05, 0) is 61.3 Å². The summed E-state index contributed by atoms with van der Waals surface area (Å²) < 4.78 is 5.33. The Balaban J connectivity index is 1.47. The Kier molecular flexibility index (Phi) is 4.53. The quantitative estimate of drug-likeness (QED) is 0.586. The number of phenolic OH excluding ortho intramolecular Hbond substituents is 1. The van der Waals surface area contributed by atoms with Crippen LogP contribution >= 0.6 is 0 Å². The molecule has 2 aromatic rings. The molecule has 3 heterocycles. The van der Waals surface area contributed by atoms with Crippen molar-refractivity contribution in [1.29, 1.82) is 0 Å². The second-order valence-electron chi connectivity index (χ2n) is 10.1. The number of aliphatic hydroxyl groups is 1. The largest absolute Gasteiger partial charge is 0.508 e. The molecule has 1 aromatic heterocycles. The maximum atomic E-state index is 13.1. The average Bonchev–Trinajstić information content (AvgIpc) is 2.80. The van der Waals surface area contributed by atoms with Crippen molar-refractivity contribution in [1.82, 2.24) is 14.8 Å². The minimum atomic E-state index is -1.06. The van der Waals surface area contributed by atoms with Crippen molar-refractivity contribution in [2.75, 3.05) is 39.9 Å². The van der Waals surface area contributed by atoms with Crippen molar-refractivity contribution < 1.29 is 19.7 Å². The van der Waals surface area contributed by atoms with Crippen molar-refractivity contribution in [2.24, 2.45) is 0 Å². The van der Waals surface area contributed by atoms with E-state index >= 15 is 0 Å². The molecule has 174 valence electrons. The first-order valence-corrected chi connectivity index (χ1v) is 11.7. The van der Waals surface area contributed by atoms with Gasteiger partial charge in [0.1, 0.15) is 11.3 Å². The number of nitrogens with one attached hydrogen (secondary N) is 1. The lowest BCUT2D eigenvalue weighted by Crippen LogP contribution is -2.73. The zero-order valence-corrected chi connectivity index (χ0v) is 18.8. The van der Waals surface area contributed by atoms with E-state index in [-0.39, 0.29) is 28.8 Å². The van der Waals surface area contributed by atoms with E-state index in [0.717, 1.165) is 35.3 Å². The van der Waals surface area contributed by atoms with E-state index < -0.39 is 11.0 Å². The van der Waals surface area contributed by atoms with Crippen molar-refractivity contribution in [3.63, 3.8) is 0 Å². The van der Waals surface area contributed by atoms with Crippen LogP contribution in [0.2, 0.25) is 0 Å². The number of fused-ring (bicyclic) bond motifs is 2. The number of ether oxygens (including phenoxy) is 1. The average molecular weight is 452 g/mol. The summed E-state index contributed by atoms with van der Waals surface area (Å²) in [7, 11) is 2.05. The Hall–Kier alpha value is -2.68. The highest BCUT2D eigenvalue weighted by Crippen LogP contribution is 2.56. The first-order chi connectivity index (χ1) is 15.8. The highest BCUT2D eigenvalue weighted by Gasteiger charge is 2.64. The van der Waals surface area contributed by atoms with Crippen LogP contribution in [0.15, 0.2) is 29.1 Å². The van der Waals surface area contributed by atoms with E-state index in [2.05, 4.69) is 9.88 Å². The number of rotatable bonds is 1. The third kappa shape index (κ3) is 2.87. The number of morpholine rings is 1. The molecule has 8 heteroatoms. The molecule has 3 atom stereocenters. The Morgan fingerprint density at radius 3 is 2.73 bits per heavy atom. The van der Waals surface area contributed by atoms with Gasteiger partial charge in [-0.15, -0.1) is 0 Å². The number of aromatic hydroxyl groups is 1. The van der Waals surface area contributed by atoms with E-state index in [1.165, 1.54) is 0 Å². The number of aromatic nitrogens is 1. The van der Waals surface area contributed by atoms with Gasteiger partial charge in [0.05, 0.1) is 18.8 Å². The van der Waals surface area contributed by atoms with Gasteiger partial charge in [-0.1, -0.05) is 6.07 Å². The molecule has 2 bridgehead atoms. The molecule has 1 aromatic carbocycles. The van der Waals surface area contributed by atoms with Gasteiger partial charge in [0.15, 0.2) is 0 Å². The Bertz CT molecular complexity index is 1200. The van der Waals surface area contributed by atoms with Gasteiger partial charge in [-0.2, -0.15) is 0 Å². The number of phenols is 1. The normalized spacial score (nSPS) is 30.8. The molecule has 0 unspecified atom stereocenters. The zero-order valence-electron chi connectivity index (χ0n) is 18.8. The SMILES string of the molecule is CN1CC[C@]23Cc4[nH]c(=O)c(C(=O)N5CCOCC5)cc4C[C@@]2(O)[C@H]1Cc1ccc(O)cc13. The van der Waals surface area contributed by atoms with Gasteiger partial charge in [0, 0.05) is 43.1 Å². The fraction of sp³-hybridized carbons (Fsp3) is 0.520. The molecule has 0 saturated carbocycles. The molecule has 2 aliphatic carbocycles. The molecular formula is C25H29N3O5. The van der Waals surface area contributed by atoms with Crippen LogP contribution < -0.4 is 5.56 Å². The number of piperidine rings is 1. The number of likely N-dealkylation sites (N-methyl/N-ethyl adjacent to an activating group) is 1. The molecule has 8 nitrogen and oxygen atoms in total. The minimum Gasteiger partial charge on any atom is -0.508 e. The van der Waals surface area contributed by atoms with Crippen LogP contribution in [0.1, 0.15) is 39.2 Å². The van der Waals surface area contributed by atoms with E-state index in [1.807, 2.05) is 13.1 Å².